The van der Waals surface area contributed by atoms with E-state index >= 15 is 0 Å². The molecule has 25 heavy (non-hydrogen) atoms. The number of methoxy groups -OCH3 is 1. The van der Waals surface area contributed by atoms with Gasteiger partial charge in [-0.3, -0.25) is 0 Å². The van der Waals surface area contributed by atoms with Gasteiger partial charge in [0, 0.05) is 17.6 Å². The van der Waals surface area contributed by atoms with E-state index in [0.29, 0.717) is 11.5 Å². The quantitative estimate of drug-likeness (QED) is 0.663. The number of carbonyl (C=O) groups excluding carboxylic acids is 1. The van der Waals surface area contributed by atoms with Crippen LogP contribution in [-0.4, -0.2) is 29.6 Å². The molecule has 0 aliphatic carbocycles. The molecule has 2 N–H and O–H groups in total. The van der Waals surface area contributed by atoms with Crippen molar-refractivity contribution in [3.63, 3.8) is 0 Å². The lowest BCUT2D eigenvalue weighted by molar-refractivity contribution is 0.0601. The van der Waals surface area contributed by atoms with Crippen LogP contribution in [0.2, 0.25) is 0 Å². The van der Waals surface area contributed by atoms with E-state index in [2.05, 4.69) is 27.5 Å². The summed E-state index contributed by atoms with van der Waals surface area (Å²) in [4.78, 5) is 20.6. The second kappa shape index (κ2) is 7.61. The lowest BCUT2D eigenvalue weighted by Crippen LogP contribution is -2.06. The molecule has 0 aliphatic rings. The molecule has 0 spiro atoms. The molecule has 3 rings (SSSR count). The zero-order valence-corrected chi connectivity index (χ0v) is 14.2. The summed E-state index contributed by atoms with van der Waals surface area (Å²) < 4.78 is 4.70. The second-order valence-electron chi connectivity index (χ2n) is 5.53. The van der Waals surface area contributed by atoms with Gasteiger partial charge in [-0.15, -0.1) is 0 Å². The summed E-state index contributed by atoms with van der Waals surface area (Å²) in [5, 5.41) is 7.51. The van der Waals surface area contributed by atoms with Gasteiger partial charge in [0.05, 0.1) is 18.2 Å². The van der Waals surface area contributed by atoms with Crippen LogP contribution in [0, 0.1) is 0 Å². The highest BCUT2D eigenvalue weighted by Gasteiger charge is 2.08. The van der Waals surface area contributed by atoms with Crippen molar-refractivity contribution < 1.29 is 9.53 Å². The molecule has 1 aromatic heterocycles. The molecule has 3 aromatic rings. The Morgan fingerprint density at radius 3 is 2.56 bits per heavy atom. The maximum absolute atomic E-state index is 11.5. The van der Waals surface area contributed by atoms with Crippen molar-refractivity contribution in [2.24, 2.45) is 0 Å². The summed E-state index contributed by atoms with van der Waals surface area (Å²) in [6.45, 7) is 2.95. The van der Waals surface area contributed by atoms with Crippen molar-refractivity contribution in [3.05, 3.63) is 54.1 Å². The van der Waals surface area contributed by atoms with E-state index in [0.717, 1.165) is 35.4 Å². The van der Waals surface area contributed by atoms with E-state index < -0.39 is 0 Å². The van der Waals surface area contributed by atoms with E-state index in [4.69, 9.17) is 4.74 Å². The number of rotatable bonds is 6. The average Bonchev–Trinajstić information content (AvgIpc) is 2.66. The highest BCUT2D eigenvalue weighted by Crippen LogP contribution is 2.23. The van der Waals surface area contributed by atoms with Gasteiger partial charge < -0.3 is 15.4 Å². The van der Waals surface area contributed by atoms with Crippen molar-refractivity contribution in [2.45, 2.75) is 13.3 Å². The number of nitrogens with one attached hydrogen (secondary N) is 2. The second-order valence-corrected chi connectivity index (χ2v) is 5.53. The summed E-state index contributed by atoms with van der Waals surface area (Å²) in [6, 6.07) is 14.9. The highest BCUT2D eigenvalue weighted by molar-refractivity contribution is 5.91. The largest absolute Gasteiger partial charge is 0.465 e. The maximum Gasteiger partial charge on any atom is 0.337 e. The van der Waals surface area contributed by atoms with E-state index in [1.54, 1.807) is 24.3 Å². The van der Waals surface area contributed by atoms with Crippen LogP contribution < -0.4 is 10.6 Å². The third-order valence-electron chi connectivity index (χ3n) is 3.71. The van der Waals surface area contributed by atoms with Crippen LogP contribution in [-0.2, 0) is 4.74 Å². The van der Waals surface area contributed by atoms with Gasteiger partial charge in [-0.05, 0) is 42.8 Å². The summed E-state index contributed by atoms with van der Waals surface area (Å²) in [5.74, 6) is 0.948. The van der Waals surface area contributed by atoms with E-state index in [1.165, 1.54) is 7.11 Å². The number of aromatic nitrogens is 2. The zero-order valence-electron chi connectivity index (χ0n) is 14.2. The Labute approximate surface area is 146 Å². The Morgan fingerprint density at radius 1 is 1.08 bits per heavy atom. The highest BCUT2D eigenvalue weighted by atomic mass is 16.5. The first kappa shape index (κ1) is 16.7. The van der Waals surface area contributed by atoms with Gasteiger partial charge in [0.1, 0.15) is 5.82 Å². The molecular weight excluding hydrogens is 316 g/mol. The Hall–Kier alpha value is -3.15. The van der Waals surface area contributed by atoms with Crippen LogP contribution in [0.5, 0.6) is 0 Å². The van der Waals surface area contributed by atoms with Gasteiger partial charge in [-0.25, -0.2) is 9.78 Å². The minimum absolute atomic E-state index is 0.362. The molecular formula is C19H20N4O2. The van der Waals surface area contributed by atoms with Crippen LogP contribution >= 0.6 is 0 Å². The van der Waals surface area contributed by atoms with Crippen LogP contribution in [0.1, 0.15) is 23.7 Å². The van der Waals surface area contributed by atoms with Crippen molar-refractivity contribution in [1.82, 2.24) is 9.97 Å². The lowest BCUT2D eigenvalue weighted by Gasteiger charge is -2.11. The fourth-order valence-corrected chi connectivity index (χ4v) is 2.45. The first-order chi connectivity index (χ1) is 12.2. The number of para-hydroxylation sites is 1. The van der Waals surface area contributed by atoms with Gasteiger partial charge in [0.25, 0.3) is 0 Å². The summed E-state index contributed by atoms with van der Waals surface area (Å²) in [5.41, 5.74) is 2.16. The third kappa shape index (κ3) is 3.85. The SMILES string of the molecule is CCCNc1nc(Nc2ccc(C(=O)OC)cc2)nc2ccccc12. The lowest BCUT2D eigenvalue weighted by atomic mass is 10.2. The van der Waals surface area contributed by atoms with Crippen LogP contribution in [0.25, 0.3) is 10.9 Å². The number of anilines is 3. The van der Waals surface area contributed by atoms with Crippen molar-refractivity contribution >= 4 is 34.3 Å². The first-order valence-corrected chi connectivity index (χ1v) is 8.17. The molecule has 0 atom stereocenters. The molecule has 0 radical (unpaired) electrons. The summed E-state index contributed by atoms with van der Waals surface area (Å²) in [6.07, 6.45) is 1.01. The number of nitrogens with zero attached hydrogens (tertiary/aromatic N) is 2. The summed E-state index contributed by atoms with van der Waals surface area (Å²) in [7, 11) is 1.36. The van der Waals surface area contributed by atoms with Crippen LogP contribution in [0.15, 0.2) is 48.5 Å². The first-order valence-electron chi connectivity index (χ1n) is 8.17. The maximum atomic E-state index is 11.5. The fourth-order valence-electron chi connectivity index (χ4n) is 2.45. The van der Waals surface area contributed by atoms with E-state index in [9.17, 15) is 4.79 Å². The minimum atomic E-state index is -0.362. The molecule has 6 nitrogen and oxygen atoms in total. The molecule has 0 saturated heterocycles. The van der Waals surface area contributed by atoms with E-state index in [1.807, 2.05) is 24.3 Å². The number of hydrogen-bond donors (Lipinski definition) is 2. The standard InChI is InChI=1S/C19H20N4O2/c1-3-12-20-17-15-6-4-5-7-16(15)22-19(23-17)21-14-10-8-13(9-11-14)18(24)25-2/h4-11H,3,12H2,1-2H3,(H2,20,21,22,23). The molecule has 0 amide bonds. The predicted molar refractivity (Wildman–Crippen MR) is 99.4 cm³/mol. The smallest absolute Gasteiger partial charge is 0.337 e. The Bertz CT molecular complexity index is 878. The number of benzene rings is 2. The molecule has 1 heterocycles. The Kier molecular flexibility index (Phi) is 5.09. The van der Waals surface area contributed by atoms with Crippen LogP contribution in [0.3, 0.4) is 0 Å². The molecule has 0 fully saturated rings. The molecule has 0 unspecified atom stereocenters. The third-order valence-corrected chi connectivity index (χ3v) is 3.71. The van der Waals surface area contributed by atoms with Gasteiger partial charge >= 0.3 is 5.97 Å². The zero-order chi connectivity index (χ0) is 17.6. The number of esters is 1. The number of fused-ring (bicyclic) bond motifs is 1. The number of ether oxygens (including phenoxy) is 1. The molecule has 0 aliphatic heterocycles. The van der Waals surface area contributed by atoms with Crippen molar-refractivity contribution in [2.75, 3.05) is 24.3 Å². The van der Waals surface area contributed by atoms with E-state index in [-0.39, 0.29) is 5.97 Å². The predicted octanol–water partition coefficient (Wildman–Crippen LogP) is 3.98. The molecule has 0 saturated carbocycles. The number of hydrogen-bond acceptors (Lipinski definition) is 6. The normalized spacial score (nSPS) is 10.5. The Balaban J connectivity index is 1.89. The molecule has 6 heteroatoms. The fraction of sp³-hybridized carbons (Fsp3) is 0.211. The molecule has 0 bridgehead atoms. The van der Waals surface area contributed by atoms with Crippen molar-refractivity contribution in [1.29, 1.82) is 0 Å². The van der Waals surface area contributed by atoms with Crippen molar-refractivity contribution in [3.8, 4) is 0 Å². The van der Waals surface area contributed by atoms with Gasteiger partial charge in [0.15, 0.2) is 0 Å². The molecule has 2 aromatic carbocycles. The monoisotopic (exact) mass is 336 g/mol. The number of carbonyl (C=O) groups is 1. The van der Waals surface area contributed by atoms with Gasteiger partial charge in [-0.2, -0.15) is 4.98 Å². The van der Waals surface area contributed by atoms with Gasteiger partial charge in [-0.1, -0.05) is 19.1 Å². The van der Waals surface area contributed by atoms with Crippen LogP contribution in [0.4, 0.5) is 17.5 Å². The minimum Gasteiger partial charge on any atom is -0.465 e. The topological polar surface area (TPSA) is 76.1 Å². The Morgan fingerprint density at radius 2 is 1.84 bits per heavy atom. The summed E-state index contributed by atoms with van der Waals surface area (Å²) >= 11 is 0. The van der Waals surface area contributed by atoms with Gasteiger partial charge in [0.2, 0.25) is 5.95 Å². The average molecular weight is 336 g/mol. The molecule has 128 valence electrons.